The van der Waals surface area contributed by atoms with Crippen LogP contribution in [0.15, 0.2) is 40.8 Å². The van der Waals surface area contributed by atoms with Crippen LogP contribution in [-0.2, 0) is 0 Å². The van der Waals surface area contributed by atoms with Crippen LogP contribution in [0.1, 0.15) is 5.56 Å². The van der Waals surface area contributed by atoms with Gasteiger partial charge in [-0.15, -0.1) is 0 Å². The van der Waals surface area contributed by atoms with Crippen molar-refractivity contribution in [2.24, 2.45) is 0 Å². The summed E-state index contributed by atoms with van der Waals surface area (Å²) in [5.74, 6) is -0.227. The third-order valence-corrected chi connectivity index (χ3v) is 2.60. The van der Waals surface area contributed by atoms with Crippen molar-refractivity contribution >= 4 is 21.9 Å². The fraction of sp³-hybridized carbons (Fsp3) is 0.0769. The topological polar surface area (TPSA) is 13.1 Å². The molecule has 0 atom stereocenters. The summed E-state index contributed by atoms with van der Waals surface area (Å²) in [4.78, 5) is 0. The minimum Gasteiger partial charge on any atom is -0.456 e. The average molecular weight is 200 g/mol. The molecule has 2 aromatic carbocycles. The van der Waals surface area contributed by atoms with Crippen LogP contribution < -0.4 is 0 Å². The first kappa shape index (κ1) is 8.48. The SMILES string of the molecule is Cc1ccc2c(c1)oc1cccc(F)c12. The third-order valence-electron chi connectivity index (χ3n) is 2.60. The van der Waals surface area contributed by atoms with Crippen LogP contribution in [0.25, 0.3) is 21.9 Å². The van der Waals surface area contributed by atoms with Crippen molar-refractivity contribution in [3.8, 4) is 0 Å². The Labute approximate surface area is 86.1 Å². The summed E-state index contributed by atoms with van der Waals surface area (Å²) < 4.78 is 19.2. The Morgan fingerprint density at radius 2 is 1.93 bits per heavy atom. The first-order chi connectivity index (χ1) is 7.25. The predicted molar refractivity (Wildman–Crippen MR) is 58.4 cm³/mol. The molecule has 1 aromatic heterocycles. The molecular formula is C13H9FO. The van der Waals surface area contributed by atoms with Crippen molar-refractivity contribution in [1.29, 1.82) is 0 Å². The number of aryl methyl sites for hydroxylation is 1. The molecule has 1 heterocycles. The molecule has 0 aliphatic carbocycles. The molecule has 0 spiro atoms. The van der Waals surface area contributed by atoms with E-state index in [4.69, 9.17) is 4.42 Å². The first-order valence-electron chi connectivity index (χ1n) is 4.83. The van der Waals surface area contributed by atoms with E-state index in [1.807, 2.05) is 25.1 Å². The Bertz CT molecular complexity index is 652. The quantitative estimate of drug-likeness (QED) is 0.534. The normalized spacial score (nSPS) is 11.3. The molecule has 1 nitrogen and oxygen atoms in total. The van der Waals surface area contributed by atoms with Crippen molar-refractivity contribution in [2.45, 2.75) is 6.92 Å². The second-order valence-electron chi connectivity index (χ2n) is 3.71. The highest BCUT2D eigenvalue weighted by Crippen LogP contribution is 2.30. The van der Waals surface area contributed by atoms with Gasteiger partial charge in [0, 0.05) is 5.39 Å². The maximum Gasteiger partial charge on any atom is 0.138 e. The third kappa shape index (κ3) is 1.14. The van der Waals surface area contributed by atoms with Gasteiger partial charge in [0.2, 0.25) is 0 Å². The van der Waals surface area contributed by atoms with Gasteiger partial charge in [0.15, 0.2) is 0 Å². The molecule has 0 saturated carbocycles. The summed E-state index contributed by atoms with van der Waals surface area (Å²) in [7, 11) is 0. The summed E-state index contributed by atoms with van der Waals surface area (Å²) in [5, 5.41) is 1.42. The fourth-order valence-electron chi connectivity index (χ4n) is 1.89. The number of benzene rings is 2. The van der Waals surface area contributed by atoms with Gasteiger partial charge < -0.3 is 4.42 Å². The van der Waals surface area contributed by atoms with Gasteiger partial charge in [0.25, 0.3) is 0 Å². The van der Waals surface area contributed by atoms with E-state index in [0.717, 1.165) is 16.5 Å². The molecular weight excluding hydrogens is 191 g/mol. The lowest BCUT2D eigenvalue weighted by molar-refractivity contribution is 0.634. The van der Waals surface area contributed by atoms with Crippen LogP contribution in [0.3, 0.4) is 0 Å². The highest BCUT2D eigenvalue weighted by atomic mass is 19.1. The van der Waals surface area contributed by atoms with E-state index >= 15 is 0 Å². The maximum absolute atomic E-state index is 13.6. The number of fused-ring (bicyclic) bond motifs is 3. The molecule has 15 heavy (non-hydrogen) atoms. The molecule has 0 saturated heterocycles. The van der Waals surface area contributed by atoms with Crippen LogP contribution >= 0.6 is 0 Å². The second kappa shape index (κ2) is 2.83. The van der Waals surface area contributed by atoms with E-state index < -0.39 is 0 Å². The van der Waals surface area contributed by atoms with Crippen molar-refractivity contribution in [1.82, 2.24) is 0 Å². The Morgan fingerprint density at radius 1 is 1.07 bits per heavy atom. The average Bonchev–Trinajstić information content (AvgIpc) is 2.56. The lowest BCUT2D eigenvalue weighted by Crippen LogP contribution is -1.74. The highest BCUT2D eigenvalue weighted by Gasteiger charge is 2.10. The maximum atomic E-state index is 13.6. The summed E-state index contributed by atoms with van der Waals surface area (Å²) >= 11 is 0. The molecule has 0 bridgehead atoms. The van der Waals surface area contributed by atoms with Gasteiger partial charge in [0.05, 0.1) is 5.39 Å². The van der Waals surface area contributed by atoms with E-state index in [2.05, 4.69) is 0 Å². The van der Waals surface area contributed by atoms with Gasteiger partial charge in [-0.2, -0.15) is 0 Å². The van der Waals surface area contributed by atoms with Crippen molar-refractivity contribution < 1.29 is 8.81 Å². The largest absolute Gasteiger partial charge is 0.456 e. The van der Waals surface area contributed by atoms with E-state index in [-0.39, 0.29) is 5.82 Å². The molecule has 0 aliphatic rings. The van der Waals surface area contributed by atoms with Crippen LogP contribution in [0.2, 0.25) is 0 Å². The molecule has 0 amide bonds. The predicted octanol–water partition coefficient (Wildman–Crippen LogP) is 4.03. The molecule has 2 heteroatoms. The number of furan rings is 1. The molecule has 3 rings (SSSR count). The monoisotopic (exact) mass is 200 g/mol. The lowest BCUT2D eigenvalue weighted by Gasteiger charge is -1.92. The summed E-state index contributed by atoms with van der Waals surface area (Å²) in [6.07, 6.45) is 0. The van der Waals surface area contributed by atoms with E-state index in [1.165, 1.54) is 6.07 Å². The zero-order chi connectivity index (χ0) is 10.4. The van der Waals surface area contributed by atoms with Gasteiger partial charge in [-0.25, -0.2) is 4.39 Å². The van der Waals surface area contributed by atoms with E-state index in [0.29, 0.717) is 11.0 Å². The Hall–Kier alpha value is -1.83. The van der Waals surface area contributed by atoms with E-state index in [9.17, 15) is 4.39 Å². The van der Waals surface area contributed by atoms with Crippen LogP contribution in [0.5, 0.6) is 0 Å². The van der Waals surface area contributed by atoms with Crippen molar-refractivity contribution in [3.63, 3.8) is 0 Å². The summed E-state index contributed by atoms with van der Waals surface area (Å²) in [6, 6.07) is 10.7. The molecule has 0 unspecified atom stereocenters. The zero-order valence-corrected chi connectivity index (χ0v) is 8.25. The Morgan fingerprint density at radius 3 is 2.80 bits per heavy atom. The summed E-state index contributed by atoms with van der Waals surface area (Å²) in [5.41, 5.74) is 2.47. The molecule has 0 fully saturated rings. The number of halogens is 1. The van der Waals surface area contributed by atoms with Crippen molar-refractivity contribution in [3.05, 3.63) is 47.8 Å². The molecule has 0 radical (unpaired) electrons. The minimum absolute atomic E-state index is 0.227. The van der Waals surface area contributed by atoms with Crippen molar-refractivity contribution in [2.75, 3.05) is 0 Å². The van der Waals surface area contributed by atoms with Gasteiger partial charge in [-0.3, -0.25) is 0 Å². The minimum atomic E-state index is -0.227. The van der Waals surface area contributed by atoms with Gasteiger partial charge in [-0.05, 0) is 30.7 Å². The molecule has 0 N–H and O–H groups in total. The zero-order valence-electron chi connectivity index (χ0n) is 8.25. The number of hydrogen-bond donors (Lipinski definition) is 0. The van der Waals surface area contributed by atoms with E-state index in [1.54, 1.807) is 12.1 Å². The Balaban J connectivity index is 2.59. The first-order valence-corrected chi connectivity index (χ1v) is 4.83. The van der Waals surface area contributed by atoms with Gasteiger partial charge in [-0.1, -0.05) is 18.2 Å². The number of rotatable bonds is 0. The van der Waals surface area contributed by atoms with Gasteiger partial charge in [0.1, 0.15) is 17.0 Å². The second-order valence-corrected chi connectivity index (χ2v) is 3.71. The van der Waals surface area contributed by atoms with Crippen LogP contribution in [0, 0.1) is 12.7 Å². The fourth-order valence-corrected chi connectivity index (χ4v) is 1.89. The molecule has 74 valence electrons. The number of hydrogen-bond acceptors (Lipinski definition) is 1. The van der Waals surface area contributed by atoms with Crippen LogP contribution in [-0.4, -0.2) is 0 Å². The smallest absolute Gasteiger partial charge is 0.138 e. The molecule has 0 aliphatic heterocycles. The van der Waals surface area contributed by atoms with Gasteiger partial charge >= 0.3 is 0 Å². The Kier molecular flexibility index (Phi) is 1.60. The van der Waals surface area contributed by atoms with Crippen LogP contribution in [0.4, 0.5) is 4.39 Å². The highest BCUT2D eigenvalue weighted by molar-refractivity contribution is 6.05. The molecule has 3 aromatic rings. The summed E-state index contributed by atoms with van der Waals surface area (Å²) in [6.45, 7) is 1.99. The standard InChI is InChI=1S/C13H9FO/c1-8-5-6-9-12(7-8)15-11-4-2-3-10(14)13(9)11/h2-7H,1H3. The lowest BCUT2D eigenvalue weighted by atomic mass is 10.1.